The molecule has 0 spiro atoms. The predicted molar refractivity (Wildman–Crippen MR) is 71.5 cm³/mol. The third-order valence-electron chi connectivity index (χ3n) is 2.63. The lowest BCUT2D eigenvalue weighted by Gasteiger charge is -2.14. The fraction of sp³-hybridized carbons (Fsp3) is 0.200. The minimum atomic E-state index is 0.411. The average Bonchev–Trinajstić information content (AvgIpc) is 2.30. The monoisotopic (exact) mass is 227 g/mol. The first-order chi connectivity index (χ1) is 8.16. The summed E-state index contributed by atoms with van der Waals surface area (Å²) in [4.78, 5) is 0. The van der Waals surface area contributed by atoms with Crippen LogP contribution in [0.25, 0.3) is 0 Å². The summed E-state index contributed by atoms with van der Waals surface area (Å²) >= 11 is 0. The molecule has 0 fully saturated rings. The van der Waals surface area contributed by atoms with Crippen LogP contribution in [0.2, 0.25) is 0 Å². The van der Waals surface area contributed by atoms with E-state index < -0.39 is 0 Å². The summed E-state index contributed by atoms with van der Waals surface area (Å²) in [6, 6.07) is 15.6. The maximum Gasteiger partial charge on any atom is 0.132 e. The van der Waals surface area contributed by atoms with Gasteiger partial charge in [-0.05, 0) is 29.7 Å². The summed E-state index contributed by atoms with van der Waals surface area (Å²) < 4.78 is 5.87. The quantitative estimate of drug-likeness (QED) is 0.798. The zero-order valence-electron chi connectivity index (χ0n) is 10.2. The number of benzene rings is 2. The van der Waals surface area contributed by atoms with Gasteiger partial charge in [0.15, 0.2) is 0 Å². The molecule has 0 radical (unpaired) electrons. The van der Waals surface area contributed by atoms with Crippen LogP contribution in [0.4, 0.5) is 5.69 Å². The summed E-state index contributed by atoms with van der Waals surface area (Å²) in [5.74, 6) is 2.08. The van der Waals surface area contributed by atoms with E-state index in [0.29, 0.717) is 5.92 Å². The smallest absolute Gasteiger partial charge is 0.132 e. The summed E-state index contributed by atoms with van der Waals surface area (Å²) in [6.07, 6.45) is 0. The molecular formula is C15H17NO. The Kier molecular flexibility index (Phi) is 3.33. The molecule has 2 aromatic rings. The van der Waals surface area contributed by atoms with Crippen LogP contribution in [-0.4, -0.2) is 0 Å². The van der Waals surface area contributed by atoms with E-state index >= 15 is 0 Å². The molecule has 0 saturated carbocycles. The van der Waals surface area contributed by atoms with E-state index in [2.05, 4.69) is 13.8 Å². The van der Waals surface area contributed by atoms with Gasteiger partial charge in [0.1, 0.15) is 11.5 Å². The number of rotatable bonds is 3. The van der Waals surface area contributed by atoms with E-state index in [1.807, 2.05) is 48.5 Å². The summed E-state index contributed by atoms with van der Waals surface area (Å²) in [5, 5.41) is 0. The second-order valence-corrected chi connectivity index (χ2v) is 4.37. The Balaban J connectivity index is 2.34. The molecule has 0 aliphatic rings. The van der Waals surface area contributed by atoms with Crippen molar-refractivity contribution >= 4 is 5.69 Å². The highest BCUT2D eigenvalue weighted by atomic mass is 16.5. The maximum absolute atomic E-state index is 5.87. The number of nitrogen functional groups attached to an aromatic ring is 1. The van der Waals surface area contributed by atoms with Crippen LogP contribution in [0.3, 0.4) is 0 Å². The van der Waals surface area contributed by atoms with E-state index in [-0.39, 0.29) is 0 Å². The van der Waals surface area contributed by atoms with Crippen molar-refractivity contribution in [3.05, 3.63) is 54.1 Å². The molecule has 17 heavy (non-hydrogen) atoms. The Morgan fingerprint density at radius 3 is 2.35 bits per heavy atom. The van der Waals surface area contributed by atoms with Crippen molar-refractivity contribution in [3.8, 4) is 11.5 Å². The SMILES string of the molecule is CC(C)c1ccc(N)cc1Oc1ccccc1. The predicted octanol–water partition coefficient (Wildman–Crippen LogP) is 4.18. The average molecular weight is 227 g/mol. The fourth-order valence-corrected chi connectivity index (χ4v) is 1.73. The van der Waals surface area contributed by atoms with Crippen molar-refractivity contribution < 1.29 is 4.74 Å². The Morgan fingerprint density at radius 2 is 1.71 bits per heavy atom. The third kappa shape index (κ3) is 2.78. The standard InChI is InChI=1S/C15H17NO/c1-11(2)14-9-8-12(16)10-15(14)17-13-6-4-3-5-7-13/h3-11H,16H2,1-2H3. The minimum Gasteiger partial charge on any atom is -0.457 e. The van der Waals surface area contributed by atoms with Gasteiger partial charge in [-0.2, -0.15) is 0 Å². The molecule has 0 unspecified atom stereocenters. The number of nitrogens with two attached hydrogens (primary N) is 1. The van der Waals surface area contributed by atoms with E-state index in [9.17, 15) is 0 Å². The number of hydrogen-bond donors (Lipinski definition) is 1. The zero-order valence-corrected chi connectivity index (χ0v) is 10.2. The molecule has 0 heterocycles. The Morgan fingerprint density at radius 1 is 1.00 bits per heavy atom. The summed E-state index contributed by atoms with van der Waals surface area (Å²) in [6.45, 7) is 4.28. The van der Waals surface area contributed by atoms with Crippen molar-refractivity contribution in [1.82, 2.24) is 0 Å². The van der Waals surface area contributed by atoms with Crippen molar-refractivity contribution in [1.29, 1.82) is 0 Å². The van der Waals surface area contributed by atoms with Gasteiger partial charge in [-0.15, -0.1) is 0 Å². The van der Waals surface area contributed by atoms with Crippen LogP contribution in [0, 0.1) is 0 Å². The molecule has 0 aromatic heterocycles. The molecule has 2 N–H and O–H groups in total. The number of ether oxygens (including phenoxy) is 1. The number of hydrogen-bond acceptors (Lipinski definition) is 2. The van der Waals surface area contributed by atoms with Gasteiger partial charge in [-0.1, -0.05) is 38.1 Å². The largest absolute Gasteiger partial charge is 0.457 e. The Bertz CT molecular complexity index is 492. The first-order valence-corrected chi connectivity index (χ1v) is 5.79. The molecule has 2 nitrogen and oxygen atoms in total. The molecule has 0 atom stereocenters. The molecule has 0 bridgehead atoms. The highest BCUT2D eigenvalue weighted by Gasteiger charge is 2.08. The van der Waals surface area contributed by atoms with Crippen LogP contribution >= 0.6 is 0 Å². The normalized spacial score (nSPS) is 10.5. The lowest BCUT2D eigenvalue weighted by atomic mass is 10.0. The summed E-state index contributed by atoms with van der Waals surface area (Å²) in [7, 11) is 0. The topological polar surface area (TPSA) is 35.2 Å². The van der Waals surface area contributed by atoms with Crippen molar-refractivity contribution in [2.75, 3.05) is 5.73 Å². The first kappa shape index (κ1) is 11.5. The molecule has 0 amide bonds. The summed E-state index contributed by atoms with van der Waals surface area (Å²) in [5.41, 5.74) is 7.69. The molecule has 2 aromatic carbocycles. The van der Waals surface area contributed by atoms with Crippen LogP contribution in [0.15, 0.2) is 48.5 Å². The molecule has 0 saturated heterocycles. The second kappa shape index (κ2) is 4.91. The van der Waals surface area contributed by atoms with Gasteiger partial charge in [0.05, 0.1) is 0 Å². The number of para-hydroxylation sites is 1. The van der Waals surface area contributed by atoms with Crippen LogP contribution in [0.1, 0.15) is 25.3 Å². The molecule has 88 valence electrons. The molecule has 0 aliphatic carbocycles. The van der Waals surface area contributed by atoms with Crippen molar-refractivity contribution in [2.24, 2.45) is 0 Å². The molecule has 2 heteroatoms. The van der Waals surface area contributed by atoms with Crippen molar-refractivity contribution in [3.63, 3.8) is 0 Å². The third-order valence-corrected chi connectivity index (χ3v) is 2.63. The van der Waals surface area contributed by atoms with E-state index in [1.54, 1.807) is 0 Å². The first-order valence-electron chi connectivity index (χ1n) is 5.79. The van der Waals surface area contributed by atoms with Gasteiger partial charge < -0.3 is 10.5 Å². The molecule has 0 aliphatic heterocycles. The minimum absolute atomic E-state index is 0.411. The van der Waals surface area contributed by atoms with E-state index in [4.69, 9.17) is 10.5 Å². The second-order valence-electron chi connectivity index (χ2n) is 4.37. The van der Waals surface area contributed by atoms with E-state index in [0.717, 1.165) is 17.2 Å². The van der Waals surface area contributed by atoms with Crippen LogP contribution in [0.5, 0.6) is 11.5 Å². The van der Waals surface area contributed by atoms with Gasteiger partial charge in [-0.3, -0.25) is 0 Å². The number of anilines is 1. The maximum atomic E-state index is 5.87. The molecule has 2 rings (SSSR count). The molecular weight excluding hydrogens is 210 g/mol. The zero-order chi connectivity index (χ0) is 12.3. The van der Waals surface area contributed by atoms with E-state index in [1.165, 1.54) is 5.56 Å². The van der Waals surface area contributed by atoms with Gasteiger partial charge in [-0.25, -0.2) is 0 Å². The highest BCUT2D eigenvalue weighted by Crippen LogP contribution is 2.32. The van der Waals surface area contributed by atoms with Gasteiger partial charge >= 0.3 is 0 Å². The fourth-order valence-electron chi connectivity index (χ4n) is 1.73. The van der Waals surface area contributed by atoms with Gasteiger partial charge in [0.2, 0.25) is 0 Å². The lowest BCUT2D eigenvalue weighted by molar-refractivity contribution is 0.473. The Hall–Kier alpha value is -1.96. The van der Waals surface area contributed by atoms with Crippen molar-refractivity contribution in [2.45, 2.75) is 19.8 Å². The van der Waals surface area contributed by atoms with Crippen LogP contribution < -0.4 is 10.5 Å². The van der Waals surface area contributed by atoms with Gasteiger partial charge in [0, 0.05) is 11.8 Å². The van der Waals surface area contributed by atoms with Gasteiger partial charge in [0.25, 0.3) is 0 Å². The lowest BCUT2D eigenvalue weighted by Crippen LogP contribution is -1.95. The van der Waals surface area contributed by atoms with Crippen LogP contribution in [-0.2, 0) is 0 Å². The highest BCUT2D eigenvalue weighted by molar-refractivity contribution is 5.50. The Labute approximate surface area is 102 Å².